The van der Waals surface area contributed by atoms with E-state index in [1.807, 2.05) is 140 Å². The molecule has 4 aromatic heterocycles. The normalized spacial score (nSPS) is 11.6. The first-order valence-electron chi connectivity index (χ1n) is 14.9. The molecule has 8 aromatic rings. The fourth-order valence-corrected chi connectivity index (χ4v) is 5.90. The van der Waals surface area contributed by atoms with Gasteiger partial charge in [0.05, 0.1) is 22.8 Å². The van der Waals surface area contributed by atoms with E-state index in [1.54, 1.807) is 0 Å². The van der Waals surface area contributed by atoms with E-state index in [0.717, 1.165) is 45.0 Å². The Kier molecular flexibility index (Phi) is 6.53. The van der Waals surface area contributed by atoms with Crippen LogP contribution in [0.25, 0.3) is 45.0 Å². The second-order valence-electron chi connectivity index (χ2n) is 10.9. The quantitative estimate of drug-likeness (QED) is 0.180. The molecule has 4 heterocycles. The Bertz CT molecular complexity index is 1850. The maximum Gasteiger partial charge on any atom is 0.466 e. The van der Waals surface area contributed by atoms with Crippen LogP contribution in [-0.2, 0) is 0 Å². The molecule has 4 aromatic carbocycles. The summed E-state index contributed by atoms with van der Waals surface area (Å²) in [6, 6.07) is 48.8. The molecule has 0 spiro atoms. The van der Waals surface area contributed by atoms with Crippen molar-refractivity contribution in [3.8, 4) is 45.0 Å². The van der Waals surface area contributed by atoms with Gasteiger partial charge >= 0.3 is 6.69 Å². The van der Waals surface area contributed by atoms with Crippen LogP contribution in [0.4, 0.5) is 0 Å². The van der Waals surface area contributed by atoms with Gasteiger partial charge in [0.1, 0.15) is 0 Å². The van der Waals surface area contributed by atoms with E-state index >= 15 is 0 Å². The van der Waals surface area contributed by atoms with Gasteiger partial charge in [-0.15, -0.1) is 0 Å². The van der Waals surface area contributed by atoms with Crippen molar-refractivity contribution in [3.05, 3.63) is 170 Å². The van der Waals surface area contributed by atoms with Crippen molar-refractivity contribution >= 4 is 6.69 Å². The molecule has 0 saturated carbocycles. The van der Waals surface area contributed by atoms with Gasteiger partial charge in [-0.2, -0.15) is 0 Å². The lowest BCUT2D eigenvalue weighted by Gasteiger charge is -2.41. The van der Waals surface area contributed by atoms with Gasteiger partial charge < -0.3 is 18.4 Å². The van der Waals surface area contributed by atoms with Crippen LogP contribution >= 0.6 is 0 Å². The van der Waals surface area contributed by atoms with Crippen molar-refractivity contribution in [2.24, 2.45) is 0 Å². The second kappa shape index (κ2) is 11.1. The molecule has 0 aliphatic rings. The topological polar surface area (TPSA) is 71.3 Å². The van der Waals surface area contributed by atoms with E-state index in [4.69, 9.17) is 20.4 Å². The predicted octanol–water partition coefficient (Wildman–Crippen LogP) is 7.07. The molecule has 216 valence electrons. The van der Waals surface area contributed by atoms with E-state index in [2.05, 4.69) is 48.5 Å². The number of aromatic nitrogens is 8. The standard InChI is InChI=1S/C36H28BN8/c1-5-13-29(14-6-1)33-21-25-42(38-33)37(43-26-22-34(39-43)30-15-7-2-8-16-30,44-27-23-35(40-44)31-17-9-3-10-18-31)45-28-24-36(41-45)32-19-11-4-12-20-32/h1-28H/q-1. The average molecular weight is 583 g/mol. The summed E-state index contributed by atoms with van der Waals surface area (Å²) in [5.41, 5.74) is 7.41. The molecule has 0 amide bonds. The Morgan fingerprint density at radius 2 is 0.511 bits per heavy atom. The van der Waals surface area contributed by atoms with Crippen LogP contribution in [0, 0.1) is 0 Å². The molecular formula is C36H28BN8-. The smallest absolute Gasteiger partial charge is 0.379 e. The van der Waals surface area contributed by atoms with Gasteiger partial charge in [0.2, 0.25) is 0 Å². The number of rotatable bonds is 8. The molecule has 0 fully saturated rings. The molecule has 45 heavy (non-hydrogen) atoms. The maximum absolute atomic E-state index is 5.19. The zero-order valence-corrected chi connectivity index (χ0v) is 24.3. The van der Waals surface area contributed by atoms with Crippen molar-refractivity contribution in [2.45, 2.75) is 0 Å². The lowest BCUT2D eigenvalue weighted by atomic mass is 9.75. The van der Waals surface area contributed by atoms with E-state index < -0.39 is 6.69 Å². The van der Waals surface area contributed by atoms with Crippen molar-refractivity contribution in [1.82, 2.24) is 38.8 Å². The summed E-state index contributed by atoms with van der Waals surface area (Å²) in [5, 5.41) is 20.8. The first-order chi connectivity index (χ1) is 22.3. The van der Waals surface area contributed by atoms with Gasteiger partial charge in [-0.25, -0.2) is 20.4 Å². The molecular weight excluding hydrogens is 555 g/mol. The molecule has 0 unspecified atom stereocenters. The van der Waals surface area contributed by atoms with Crippen LogP contribution in [0.3, 0.4) is 0 Å². The SMILES string of the molecule is c1ccc(-c2ccn([B-](n3ccc(-c4ccccc4)n3)(n3ccc(-c4ccccc4)n3)n3ccc(-c4ccccc4)n3)n2)cc1. The molecule has 8 nitrogen and oxygen atoms in total. The van der Waals surface area contributed by atoms with E-state index in [-0.39, 0.29) is 0 Å². The first-order valence-corrected chi connectivity index (χ1v) is 14.9. The summed E-state index contributed by atoms with van der Waals surface area (Å²) < 4.78 is 7.75. The van der Waals surface area contributed by atoms with Crippen LogP contribution in [0.15, 0.2) is 170 Å². The summed E-state index contributed by atoms with van der Waals surface area (Å²) in [4.78, 5) is 0. The third-order valence-corrected chi connectivity index (χ3v) is 8.13. The van der Waals surface area contributed by atoms with Gasteiger partial charge in [-0.1, -0.05) is 121 Å². The van der Waals surface area contributed by atoms with Crippen molar-refractivity contribution in [1.29, 1.82) is 0 Å². The molecule has 0 saturated heterocycles. The van der Waals surface area contributed by atoms with Gasteiger partial charge in [0.15, 0.2) is 0 Å². The Hall–Kier alpha value is -6.22. The van der Waals surface area contributed by atoms with Gasteiger partial charge in [-0.3, -0.25) is 0 Å². The van der Waals surface area contributed by atoms with E-state index in [0.29, 0.717) is 0 Å². The van der Waals surface area contributed by atoms with Gasteiger partial charge in [0, 0.05) is 22.3 Å². The number of hydrogen-bond acceptors (Lipinski definition) is 4. The maximum atomic E-state index is 5.19. The summed E-state index contributed by atoms with van der Waals surface area (Å²) >= 11 is 0. The molecule has 0 aliphatic carbocycles. The molecule has 0 aliphatic heterocycles. The molecule has 9 heteroatoms. The highest BCUT2D eigenvalue weighted by atomic mass is 15.6. The predicted molar refractivity (Wildman–Crippen MR) is 178 cm³/mol. The van der Waals surface area contributed by atoms with Crippen molar-refractivity contribution in [3.63, 3.8) is 0 Å². The van der Waals surface area contributed by atoms with Crippen LogP contribution in [0.5, 0.6) is 0 Å². The average Bonchev–Trinajstić information content (AvgIpc) is 3.96. The Morgan fingerprint density at radius 3 is 0.733 bits per heavy atom. The highest BCUT2D eigenvalue weighted by molar-refractivity contribution is 6.72. The summed E-state index contributed by atoms with van der Waals surface area (Å²) in [6.07, 6.45) is 7.94. The zero-order chi connectivity index (χ0) is 30.1. The Balaban J connectivity index is 1.39. The van der Waals surface area contributed by atoms with Crippen molar-refractivity contribution < 1.29 is 0 Å². The zero-order valence-electron chi connectivity index (χ0n) is 24.3. The molecule has 0 atom stereocenters. The first kappa shape index (κ1) is 26.4. The van der Waals surface area contributed by atoms with Crippen LogP contribution < -0.4 is 0 Å². The van der Waals surface area contributed by atoms with Gasteiger partial charge in [0.25, 0.3) is 0 Å². The highest BCUT2D eigenvalue weighted by Crippen LogP contribution is 2.27. The Labute approximate surface area is 260 Å². The monoisotopic (exact) mass is 583 g/mol. The van der Waals surface area contributed by atoms with E-state index in [1.165, 1.54) is 0 Å². The fourth-order valence-electron chi connectivity index (χ4n) is 5.90. The third kappa shape index (κ3) is 4.67. The van der Waals surface area contributed by atoms with Crippen LogP contribution in [-0.4, -0.2) is 45.5 Å². The molecule has 0 bridgehead atoms. The second-order valence-corrected chi connectivity index (χ2v) is 10.9. The third-order valence-electron chi connectivity index (χ3n) is 8.13. The highest BCUT2D eigenvalue weighted by Gasteiger charge is 2.40. The van der Waals surface area contributed by atoms with Crippen LogP contribution in [0.2, 0.25) is 0 Å². The largest absolute Gasteiger partial charge is 0.466 e. The lowest BCUT2D eigenvalue weighted by molar-refractivity contribution is 0.658. The minimum atomic E-state index is -2.30. The summed E-state index contributed by atoms with van der Waals surface area (Å²) in [7, 11) is 0. The fraction of sp³-hybridized carbons (Fsp3) is 0. The van der Waals surface area contributed by atoms with E-state index in [9.17, 15) is 0 Å². The minimum Gasteiger partial charge on any atom is -0.379 e. The number of hydrogen-bond donors (Lipinski definition) is 0. The number of nitrogens with zero attached hydrogens (tertiary/aromatic N) is 8. The molecule has 0 radical (unpaired) electrons. The molecule has 8 rings (SSSR count). The summed E-state index contributed by atoms with van der Waals surface area (Å²) in [6.45, 7) is -2.30. The molecule has 0 N–H and O–H groups in total. The summed E-state index contributed by atoms with van der Waals surface area (Å²) in [5.74, 6) is 0. The lowest BCUT2D eigenvalue weighted by Crippen LogP contribution is -2.65. The number of benzene rings is 4. The van der Waals surface area contributed by atoms with Crippen LogP contribution in [0.1, 0.15) is 0 Å². The van der Waals surface area contributed by atoms with Crippen molar-refractivity contribution in [2.75, 3.05) is 0 Å². The minimum absolute atomic E-state index is 0.836. The van der Waals surface area contributed by atoms with Gasteiger partial charge in [-0.05, 0) is 49.1 Å². The Morgan fingerprint density at radius 1 is 0.289 bits per heavy atom.